The van der Waals surface area contributed by atoms with Crippen molar-refractivity contribution in [2.24, 2.45) is 0 Å². The summed E-state index contributed by atoms with van der Waals surface area (Å²) in [6.45, 7) is 1.83. The Morgan fingerprint density at radius 3 is 2.95 bits per heavy atom. The van der Waals surface area contributed by atoms with Crippen molar-refractivity contribution in [3.8, 4) is 6.07 Å². The molecule has 1 atom stereocenters. The first-order chi connectivity index (χ1) is 9.15. The van der Waals surface area contributed by atoms with Crippen molar-refractivity contribution in [1.29, 1.82) is 5.26 Å². The normalized spacial score (nSPS) is 11.8. The number of para-hydroxylation sites is 1. The zero-order chi connectivity index (χ0) is 13.8. The van der Waals surface area contributed by atoms with E-state index in [0.29, 0.717) is 17.0 Å². The number of carbonyl (C=O) groups excluding carboxylic acids is 1. The van der Waals surface area contributed by atoms with Gasteiger partial charge >= 0.3 is 0 Å². The number of nitrogens with zero attached hydrogens (tertiary/aromatic N) is 2. The summed E-state index contributed by atoms with van der Waals surface area (Å²) in [6.07, 6.45) is 0.545. The SMILES string of the molecule is CCC(C#N)NC(=O)c1cc(Cl)c2ccccc2n1. The summed E-state index contributed by atoms with van der Waals surface area (Å²) in [5, 5.41) is 12.7. The summed E-state index contributed by atoms with van der Waals surface area (Å²) < 4.78 is 0. The highest BCUT2D eigenvalue weighted by atomic mass is 35.5. The molecule has 1 amide bonds. The number of rotatable bonds is 3. The number of amides is 1. The van der Waals surface area contributed by atoms with Crippen molar-refractivity contribution in [3.05, 3.63) is 41.0 Å². The maximum absolute atomic E-state index is 12.0. The van der Waals surface area contributed by atoms with Crippen LogP contribution >= 0.6 is 11.6 Å². The van der Waals surface area contributed by atoms with E-state index in [1.807, 2.05) is 31.2 Å². The molecule has 0 aliphatic carbocycles. The van der Waals surface area contributed by atoms with Gasteiger partial charge in [0.1, 0.15) is 11.7 Å². The van der Waals surface area contributed by atoms with Crippen LogP contribution in [0.1, 0.15) is 23.8 Å². The van der Waals surface area contributed by atoms with E-state index in [2.05, 4.69) is 10.3 Å². The molecule has 1 heterocycles. The fourth-order valence-electron chi connectivity index (χ4n) is 1.71. The standard InChI is InChI=1S/C14H12ClN3O/c1-2-9(8-16)17-14(19)13-7-11(15)10-5-3-4-6-12(10)18-13/h3-7,9H,2H2,1H3,(H,17,19). The molecule has 1 aromatic heterocycles. The minimum absolute atomic E-state index is 0.220. The molecule has 0 aliphatic rings. The molecule has 1 unspecified atom stereocenters. The molecule has 0 spiro atoms. The summed E-state index contributed by atoms with van der Waals surface area (Å²) in [5.74, 6) is -0.388. The van der Waals surface area contributed by atoms with Crippen molar-refractivity contribution in [2.45, 2.75) is 19.4 Å². The number of nitriles is 1. The number of nitrogens with one attached hydrogen (secondary N) is 1. The molecule has 0 radical (unpaired) electrons. The van der Waals surface area contributed by atoms with Gasteiger partial charge in [-0.3, -0.25) is 4.79 Å². The summed E-state index contributed by atoms with van der Waals surface area (Å²) in [7, 11) is 0. The third-order valence-corrected chi connectivity index (χ3v) is 3.08. The maximum atomic E-state index is 12.0. The average Bonchev–Trinajstić information content (AvgIpc) is 2.44. The van der Waals surface area contributed by atoms with E-state index in [4.69, 9.17) is 16.9 Å². The van der Waals surface area contributed by atoms with Crippen LogP contribution in [-0.4, -0.2) is 16.9 Å². The van der Waals surface area contributed by atoms with Gasteiger partial charge in [-0.15, -0.1) is 0 Å². The maximum Gasteiger partial charge on any atom is 0.270 e. The Hall–Kier alpha value is -2.12. The first kappa shape index (κ1) is 13.3. The highest BCUT2D eigenvalue weighted by molar-refractivity contribution is 6.35. The van der Waals surface area contributed by atoms with Crippen LogP contribution in [0.25, 0.3) is 10.9 Å². The Morgan fingerprint density at radius 1 is 1.53 bits per heavy atom. The van der Waals surface area contributed by atoms with E-state index in [1.165, 1.54) is 6.07 Å². The molecule has 0 fully saturated rings. The van der Waals surface area contributed by atoms with Gasteiger partial charge in [-0.25, -0.2) is 4.98 Å². The number of hydrogen-bond donors (Lipinski definition) is 1. The quantitative estimate of drug-likeness (QED) is 0.935. The Labute approximate surface area is 116 Å². The number of fused-ring (bicyclic) bond motifs is 1. The number of benzene rings is 1. The number of carbonyl (C=O) groups is 1. The average molecular weight is 274 g/mol. The van der Waals surface area contributed by atoms with Crippen molar-refractivity contribution in [1.82, 2.24) is 10.3 Å². The van der Waals surface area contributed by atoms with Crippen molar-refractivity contribution < 1.29 is 4.79 Å². The fourth-order valence-corrected chi connectivity index (χ4v) is 1.97. The van der Waals surface area contributed by atoms with E-state index < -0.39 is 6.04 Å². The van der Waals surface area contributed by atoms with E-state index in [0.717, 1.165) is 5.39 Å². The first-order valence-electron chi connectivity index (χ1n) is 5.91. The molecule has 2 rings (SSSR count). The molecule has 4 nitrogen and oxygen atoms in total. The third-order valence-electron chi connectivity index (χ3n) is 2.77. The lowest BCUT2D eigenvalue weighted by molar-refractivity contribution is 0.0940. The Bertz CT molecular complexity index is 663. The molecular formula is C14H12ClN3O. The first-order valence-corrected chi connectivity index (χ1v) is 6.29. The molecule has 0 saturated carbocycles. The van der Waals surface area contributed by atoms with Crippen LogP contribution < -0.4 is 5.32 Å². The Balaban J connectivity index is 2.36. The lowest BCUT2D eigenvalue weighted by Gasteiger charge is -2.09. The Kier molecular flexibility index (Phi) is 3.98. The lowest BCUT2D eigenvalue weighted by atomic mass is 10.2. The molecule has 1 aromatic carbocycles. The Morgan fingerprint density at radius 2 is 2.26 bits per heavy atom. The van der Waals surface area contributed by atoms with E-state index in [-0.39, 0.29) is 11.6 Å². The molecule has 0 aliphatic heterocycles. The van der Waals surface area contributed by atoms with Gasteiger partial charge in [-0.1, -0.05) is 36.7 Å². The predicted octanol–water partition coefficient (Wildman–Crippen LogP) is 2.92. The van der Waals surface area contributed by atoms with Gasteiger partial charge < -0.3 is 5.32 Å². The van der Waals surface area contributed by atoms with Crippen molar-refractivity contribution in [2.75, 3.05) is 0 Å². The van der Waals surface area contributed by atoms with Gasteiger partial charge in [0.15, 0.2) is 0 Å². The van der Waals surface area contributed by atoms with Crippen LogP contribution in [0.15, 0.2) is 30.3 Å². The molecule has 2 aromatic rings. The second-order valence-electron chi connectivity index (χ2n) is 4.07. The van der Waals surface area contributed by atoms with Gasteiger partial charge in [-0.2, -0.15) is 5.26 Å². The topological polar surface area (TPSA) is 65.8 Å². The van der Waals surface area contributed by atoms with Gasteiger partial charge in [0.2, 0.25) is 0 Å². The van der Waals surface area contributed by atoms with Crippen LogP contribution in [0.2, 0.25) is 5.02 Å². The second-order valence-corrected chi connectivity index (χ2v) is 4.48. The van der Waals surface area contributed by atoms with E-state index in [9.17, 15) is 4.79 Å². The lowest BCUT2D eigenvalue weighted by Crippen LogP contribution is -2.33. The highest BCUT2D eigenvalue weighted by Crippen LogP contribution is 2.22. The summed E-state index contributed by atoms with van der Waals surface area (Å²) in [4.78, 5) is 16.2. The zero-order valence-corrected chi connectivity index (χ0v) is 11.1. The number of pyridine rings is 1. The van der Waals surface area contributed by atoms with Crippen LogP contribution in [0.3, 0.4) is 0 Å². The third kappa shape index (κ3) is 2.83. The monoisotopic (exact) mass is 273 g/mol. The summed E-state index contributed by atoms with van der Waals surface area (Å²) in [5.41, 5.74) is 0.877. The van der Waals surface area contributed by atoms with Gasteiger partial charge in [0.25, 0.3) is 5.91 Å². The van der Waals surface area contributed by atoms with Crippen molar-refractivity contribution >= 4 is 28.4 Å². The largest absolute Gasteiger partial charge is 0.335 e. The molecule has 0 saturated heterocycles. The number of halogens is 1. The smallest absolute Gasteiger partial charge is 0.270 e. The van der Waals surface area contributed by atoms with Crippen LogP contribution in [0, 0.1) is 11.3 Å². The van der Waals surface area contributed by atoms with E-state index >= 15 is 0 Å². The van der Waals surface area contributed by atoms with E-state index in [1.54, 1.807) is 6.07 Å². The zero-order valence-electron chi connectivity index (χ0n) is 10.4. The predicted molar refractivity (Wildman–Crippen MR) is 73.9 cm³/mol. The van der Waals surface area contributed by atoms with Crippen LogP contribution in [0.5, 0.6) is 0 Å². The molecule has 5 heteroatoms. The van der Waals surface area contributed by atoms with Crippen LogP contribution in [-0.2, 0) is 0 Å². The second kappa shape index (κ2) is 5.68. The molecule has 19 heavy (non-hydrogen) atoms. The summed E-state index contributed by atoms with van der Waals surface area (Å²) in [6, 6.07) is 10.3. The minimum Gasteiger partial charge on any atom is -0.335 e. The number of hydrogen-bond acceptors (Lipinski definition) is 3. The van der Waals surface area contributed by atoms with Crippen molar-refractivity contribution in [3.63, 3.8) is 0 Å². The molecular weight excluding hydrogens is 262 g/mol. The fraction of sp³-hybridized carbons (Fsp3) is 0.214. The van der Waals surface area contributed by atoms with Crippen LogP contribution in [0.4, 0.5) is 0 Å². The van der Waals surface area contributed by atoms with Gasteiger partial charge in [0, 0.05) is 5.39 Å². The molecule has 96 valence electrons. The molecule has 0 bridgehead atoms. The minimum atomic E-state index is -0.514. The van der Waals surface area contributed by atoms with Gasteiger partial charge in [-0.05, 0) is 18.6 Å². The number of aromatic nitrogens is 1. The molecule has 1 N–H and O–H groups in total. The highest BCUT2D eigenvalue weighted by Gasteiger charge is 2.14. The summed E-state index contributed by atoms with van der Waals surface area (Å²) >= 11 is 6.13. The van der Waals surface area contributed by atoms with Gasteiger partial charge in [0.05, 0.1) is 16.6 Å².